The zero-order valence-corrected chi connectivity index (χ0v) is 23.9. The lowest BCUT2D eigenvalue weighted by Crippen LogP contribution is -2.45. The second-order valence-corrected chi connectivity index (χ2v) is 11.2. The number of nitrogens with one attached hydrogen (secondary N) is 2. The van der Waals surface area contributed by atoms with Crippen LogP contribution in [0.5, 0.6) is 0 Å². The van der Waals surface area contributed by atoms with E-state index >= 15 is 0 Å². The number of para-hydroxylation sites is 1. The molecule has 216 valence electrons. The predicted octanol–water partition coefficient (Wildman–Crippen LogP) is 2.27. The summed E-state index contributed by atoms with van der Waals surface area (Å²) >= 11 is 12.0. The van der Waals surface area contributed by atoms with Gasteiger partial charge in [-0.05, 0) is 77.7 Å². The van der Waals surface area contributed by atoms with Gasteiger partial charge in [0.1, 0.15) is 16.5 Å². The molecular weight excluding hydrogens is 611 g/mol. The number of hydrazine groups is 1. The van der Waals surface area contributed by atoms with Gasteiger partial charge in [-0.15, -0.1) is 0 Å². The zero-order chi connectivity index (χ0) is 30.3. The van der Waals surface area contributed by atoms with Gasteiger partial charge in [0.25, 0.3) is 26.8 Å². The number of carbonyl (C=O) groups excluding carboxylic acids is 1. The number of carbonyl (C=O) groups is 1. The van der Waals surface area contributed by atoms with Crippen molar-refractivity contribution in [3.63, 3.8) is 0 Å². The standard InChI is InChI=1S/C25H20Cl2N8O6S/c1-12-4-3-5-16(26)22(12)34-24(37)21(13(2)32-34)31-30-18-11-15(7-9-20(18)42(39,40)41)28-23(36)14-6-8-17-19(10-14)35(38)33-25(27)29-17/h3-11,21,30-31H,1-2H3,(H,28,36)(H,39,40,41)/p-1. The summed E-state index contributed by atoms with van der Waals surface area (Å²) in [4.78, 5) is 20.8. The third kappa shape index (κ3) is 5.68. The molecule has 0 fully saturated rings. The van der Waals surface area contributed by atoms with Crippen molar-refractivity contribution < 1.29 is 27.7 Å². The lowest BCUT2D eigenvalue weighted by molar-refractivity contribution is -0.642. The quantitative estimate of drug-likeness (QED) is 0.0680. The summed E-state index contributed by atoms with van der Waals surface area (Å²) in [5, 5.41) is 33.9. The fraction of sp³-hybridized carbons (Fsp3) is 0.120. The molecule has 1 unspecified atom stereocenters. The number of aliphatic imine (C=N–C) groups is 1. The van der Waals surface area contributed by atoms with Crippen LogP contribution in [0.25, 0.3) is 11.0 Å². The maximum Gasteiger partial charge on any atom is 0.296 e. The molecule has 1 aliphatic rings. The molecule has 1 amide bonds. The number of aryl methyl sites for hydroxylation is 1. The van der Waals surface area contributed by atoms with Crippen LogP contribution in [0.15, 0.2) is 69.6 Å². The Balaban J connectivity index is 1.43. The molecule has 0 radical (unpaired) electrons. The van der Waals surface area contributed by atoms with Crippen LogP contribution in [0.1, 0.15) is 18.1 Å². The number of benzene rings is 3. The van der Waals surface area contributed by atoms with E-state index in [4.69, 9.17) is 23.2 Å². The Hall–Kier alpha value is -4.41. The summed E-state index contributed by atoms with van der Waals surface area (Å²) in [6.45, 7) is 3.36. The van der Waals surface area contributed by atoms with Crippen molar-refractivity contribution in [3.05, 3.63) is 81.2 Å². The Morgan fingerprint density at radius 1 is 1.14 bits per heavy atom. The van der Waals surface area contributed by atoms with Crippen LogP contribution in [0.2, 0.25) is 10.3 Å². The van der Waals surface area contributed by atoms with Gasteiger partial charge in [0, 0.05) is 11.2 Å². The molecule has 4 aromatic rings. The molecule has 0 bridgehead atoms. The Morgan fingerprint density at radius 3 is 2.62 bits per heavy atom. The van der Waals surface area contributed by atoms with Gasteiger partial charge in [-0.2, -0.15) is 18.5 Å². The van der Waals surface area contributed by atoms with E-state index in [-0.39, 0.29) is 38.1 Å². The SMILES string of the molecule is CC1=NN(c2c(C)cccc2Cl)C(=O)C1NNc1cc(N=C([O-])c2ccc3nc(Cl)n[n+]([O-])c3c2)ccc1S(=O)(=O)O. The third-order valence-corrected chi connectivity index (χ3v) is 7.55. The number of fused-ring (bicyclic) bond motifs is 1. The van der Waals surface area contributed by atoms with E-state index in [0.717, 1.165) is 11.1 Å². The molecule has 42 heavy (non-hydrogen) atoms. The molecule has 0 saturated heterocycles. The summed E-state index contributed by atoms with van der Waals surface area (Å²) < 4.78 is 33.9. The van der Waals surface area contributed by atoms with Crippen molar-refractivity contribution in [3.8, 4) is 0 Å². The number of anilines is 2. The molecule has 1 atom stereocenters. The zero-order valence-electron chi connectivity index (χ0n) is 21.6. The number of aromatic nitrogens is 3. The van der Waals surface area contributed by atoms with E-state index in [0.29, 0.717) is 22.0 Å². The Labute approximate surface area is 248 Å². The van der Waals surface area contributed by atoms with Gasteiger partial charge in [0.2, 0.25) is 0 Å². The highest BCUT2D eigenvalue weighted by Crippen LogP contribution is 2.33. The van der Waals surface area contributed by atoms with E-state index < -0.39 is 32.9 Å². The number of halogens is 2. The average Bonchev–Trinajstić information content (AvgIpc) is 3.18. The van der Waals surface area contributed by atoms with E-state index in [1.54, 1.807) is 32.0 Å². The largest absolute Gasteiger partial charge is 0.858 e. The molecule has 5 rings (SSSR count). The maximum absolute atomic E-state index is 13.2. The number of hydrogen-bond donors (Lipinski definition) is 3. The van der Waals surface area contributed by atoms with Crippen LogP contribution in [0, 0.1) is 12.1 Å². The highest BCUT2D eigenvalue weighted by molar-refractivity contribution is 7.86. The van der Waals surface area contributed by atoms with Crippen molar-refractivity contribution in [1.82, 2.24) is 15.5 Å². The van der Waals surface area contributed by atoms with E-state index in [1.807, 2.05) is 0 Å². The van der Waals surface area contributed by atoms with Crippen molar-refractivity contribution in [1.29, 1.82) is 0 Å². The second kappa shape index (κ2) is 11.1. The molecule has 1 aromatic heterocycles. The lowest BCUT2D eigenvalue weighted by Gasteiger charge is -2.19. The maximum atomic E-state index is 13.2. The number of nitrogens with zero attached hydrogens (tertiary/aromatic N) is 6. The van der Waals surface area contributed by atoms with Crippen molar-refractivity contribution in [2.24, 2.45) is 10.1 Å². The Bertz CT molecular complexity index is 1920. The number of amides is 1. The van der Waals surface area contributed by atoms with Crippen LogP contribution in [-0.2, 0) is 14.9 Å². The molecule has 0 aliphatic carbocycles. The minimum absolute atomic E-state index is 0.00407. The Morgan fingerprint density at radius 2 is 1.90 bits per heavy atom. The molecule has 1 aliphatic heterocycles. The summed E-state index contributed by atoms with van der Waals surface area (Å²) in [6.07, 6.45) is 0. The third-order valence-electron chi connectivity index (χ3n) is 6.17. The van der Waals surface area contributed by atoms with Crippen LogP contribution in [0.3, 0.4) is 0 Å². The second-order valence-electron chi connectivity index (χ2n) is 9.03. The minimum Gasteiger partial charge on any atom is -0.858 e. The molecule has 0 spiro atoms. The topological polar surface area (TPSA) is 199 Å². The fourth-order valence-electron chi connectivity index (χ4n) is 4.18. The van der Waals surface area contributed by atoms with Crippen LogP contribution < -0.4 is 25.8 Å². The smallest absolute Gasteiger partial charge is 0.296 e. The predicted molar refractivity (Wildman–Crippen MR) is 153 cm³/mol. The molecule has 0 saturated carbocycles. The molecular formula is C25H19Cl2N8O6S-. The van der Waals surface area contributed by atoms with Gasteiger partial charge in [-0.25, -0.2) is 10.4 Å². The monoisotopic (exact) mass is 629 g/mol. The van der Waals surface area contributed by atoms with Crippen molar-refractivity contribution in [2.45, 2.75) is 24.8 Å². The van der Waals surface area contributed by atoms with Gasteiger partial charge in [-0.1, -0.05) is 29.8 Å². The number of hydrazone groups is 1. The van der Waals surface area contributed by atoms with Crippen molar-refractivity contribution >= 4 is 78.9 Å². The summed E-state index contributed by atoms with van der Waals surface area (Å²) in [7, 11) is -4.74. The van der Waals surface area contributed by atoms with Gasteiger partial charge in [-0.3, -0.25) is 14.3 Å². The highest BCUT2D eigenvalue weighted by atomic mass is 35.5. The Kier molecular flexibility index (Phi) is 7.70. The van der Waals surface area contributed by atoms with Gasteiger partial charge in [0.15, 0.2) is 0 Å². The number of hydrogen-bond acceptors (Lipinski definition) is 11. The van der Waals surface area contributed by atoms with Crippen LogP contribution >= 0.6 is 23.2 Å². The first-order chi connectivity index (χ1) is 19.8. The first-order valence-corrected chi connectivity index (χ1v) is 14.1. The van der Waals surface area contributed by atoms with Gasteiger partial charge >= 0.3 is 0 Å². The fourth-order valence-corrected chi connectivity index (χ4v) is 5.27. The molecule has 14 nitrogen and oxygen atoms in total. The highest BCUT2D eigenvalue weighted by Gasteiger charge is 2.36. The van der Waals surface area contributed by atoms with E-state index in [9.17, 15) is 28.1 Å². The molecule has 2 heterocycles. The minimum atomic E-state index is -4.74. The normalized spacial score (nSPS) is 15.8. The first-order valence-electron chi connectivity index (χ1n) is 11.9. The van der Waals surface area contributed by atoms with Crippen LogP contribution in [0.4, 0.5) is 17.1 Å². The van der Waals surface area contributed by atoms with E-state index in [2.05, 4.69) is 31.0 Å². The van der Waals surface area contributed by atoms with Gasteiger partial charge in [0.05, 0.1) is 27.8 Å². The molecule has 3 aromatic carbocycles. The lowest BCUT2D eigenvalue weighted by atomic mass is 10.1. The summed E-state index contributed by atoms with van der Waals surface area (Å²) in [5.41, 5.74) is 6.77. The summed E-state index contributed by atoms with van der Waals surface area (Å²) in [6, 6.07) is 11.5. The summed E-state index contributed by atoms with van der Waals surface area (Å²) in [5.74, 6) is -1.28. The van der Waals surface area contributed by atoms with Gasteiger partial charge < -0.3 is 15.7 Å². The van der Waals surface area contributed by atoms with E-state index in [1.165, 1.54) is 30.3 Å². The molecule has 3 N–H and O–H groups in total. The van der Waals surface area contributed by atoms with Crippen LogP contribution in [-0.4, -0.2) is 46.6 Å². The first kappa shape index (κ1) is 29.1. The van der Waals surface area contributed by atoms with Crippen molar-refractivity contribution in [2.75, 3.05) is 10.4 Å². The average molecular weight is 630 g/mol. The number of rotatable bonds is 7. The molecule has 17 heteroatoms.